The first-order chi connectivity index (χ1) is 12.7. The van der Waals surface area contributed by atoms with Crippen LogP contribution in [-0.2, 0) is 12.3 Å². The minimum absolute atomic E-state index is 0.660. The molecule has 0 saturated carbocycles. The van der Waals surface area contributed by atoms with E-state index in [1.165, 1.54) is 0 Å². The molecule has 7 heteroatoms. The van der Waals surface area contributed by atoms with E-state index < -0.39 is 0 Å². The van der Waals surface area contributed by atoms with Crippen molar-refractivity contribution in [3.05, 3.63) is 58.1 Å². The Balaban J connectivity index is 1.64. The summed E-state index contributed by atoms with van der Waals surface area (Å²) in [4.78, 5) is 5.88. The van der Waals surface area contributed by atoms with Crippen molar-refractivity contribution in [1.29, 1.82) is 0 Å². The van der Waals surface area contributed by atoms with Gasteiger partial charge in [0.05, 0.1) is 21.1 Å². The lowest BCUT2D eigenvalue weighted by Gasteiger charge is -2.10. The molecule has 0 fully saturated rings. The summed E-state index contributed by atoms with van der Waals surface area (Å²) in [5.74, 6) is 1.58. The molecule has 0 saturated heterocycles. The van der Waals surface area contributed by atoms with Gasteiger partial charge >= 0.3 is 0 Å². The molecule has 4 nitrogen and oxygen atoms in total. The molecule has 0 atom stereocenters. The van der Waals surface area contributed by atoms with Crippen LogP contribution in [0.15, 0.2) is 46.9 Å². The third-order valence-corrected chi connectivity index (χ3v) is 6.60. The maximum absolute atomic E-state index is 6.58. The number of pyridine rings is 1. The summed E-state index contributed by atoms with van der Waals surface area (Å²) in [6.07, 6.45) is 0. The van der Waals surface area contributed by atoms with Gasteiger partial charge < -0.3 is 4.57 Å². The molecule has 0 radical (unpaired) electrons. The van der Waals surface area contributed by atoms with Crippen molar-refractivity contribution < 1.29 is 0 Å². The van der Waals surface area contributed by atoms with Crippen LogP contribution in [0.1, 0.15) is 18.2 Å². The molecule has 4 aromatic rings. The number of thiophene rings is 1. The van der Waals surface area contributed by atoms with Crippen LogP contribution in [0.5, 0.6) is 0 Å². The molecule has 0 unspecified atom stereocenters. The monoisotopic (exact) mass is 400 g/mol. The van der Waals surface area contributed by atoms with E-state index >= 15 is 0 Å². The van der Waals surface area contributed by atoms with Gasteiger partial charge in [-0.3, -0.25) is 4.98 Å². The van der Waals surface area contributed by atoms with Crippen molar-refractivity contribution >= 4 is 45.6 Å². The summed E-state index contributed by atoms with van der Waals surface area (Å²) in [5.41, 5.74) is 2.93. The lowest BCUT2D eigenvalue weighted by molar-refractivity contribution is 0.688. The number of fused-ring (bicyclic) bond motifs is 1. The predicted octanol–water partition coefficient (Wildman–Crippen LogP) is 5.83. The number of rotatable bonds is 5. The Labute approximate surface area is 165 Å². The second-order valence-corrected chi connectivity index (χ2v) is 8.10. The van der Waals surface area contributed by atoms with E-state index in [1.807, 2.05) is 31.2 Å². The van der Waals surface area contributed by atoms with Crippen LogP contribution in [0.4, 0.5) is 0 Å². The number of aryl methyl sites for hydroxylation is 1. The molecule has 0 amide bonds. The van der Waals surface area contributed by atoms with Gasteiger partial charge in [-0.15, -0.1) is 21.5 Å². The van der Waals surface area contributed by atoms with Crippen LogP contribution in [0, 0.1) is 6.92 Å². The Morgan fingerprint density at radius 2 is 2.00 bits per heavy atom. The first-order valence-electron chi connectivity index (χ1n) is 8.32. The minimum Gasteiger partial charge on any atom is -0.302 e. The largest absolute Gasteiger partial charge is 0.302 e. The van der Waals surface area contributed by atoms with E-state index in [1.54, 1.807) is 23.1 Å². The highest BCUT2D eigenvalue weighted by molar-refractivity contribution is 7.98. The van der Waals surface area contributed by atoms with Crippen LogP contribution in [-0.4, -0.2) is 19.7 Å². The third-order valence-electron chi connectivity index (χ3n) is 4.26. The Morgan fingerprint density at radius 1 is 1.15 bits per heavy atom. The Morgan fingerprint density at radius 3 is 2.77 bits per heavy atom. The van der Waals surface area contributed by atoms with Gasteiger partial charge in [0.25, 0.3) is 0 Å². The summed E-state index contributed by atoms with van der Waals surface area (Å²) in [5, 5.41) is 13.5. The molecule has 0 bridgehead atoms. The highest BCUT2D eigenvalue weighted by Gasteiger charge is 2.16. The normalized spacial score (nSPS) is 11.3. The molecular weight excluding hydrogens is 384 g/mol. The maximum atomic E-state index is 6.58. The zero-order chi connectivity index (χ0) is 18.1. The van der Waals surface area contributed by atoms with Crippen LogP contribution >= 0.6 is 34.7 Å². The lowest BCUT2D eigenvalue weighted by Crippen LogP contribution is -2.00. The number of thioether (sulfide) groups is 1. The quantitative estimate of drug-likeness (QED) is 0.395. The van der Waals surface area contributed by atoms with E-state index in [4.69, 9.17) is 16.6 Å². The van der Waals surface area contributed by atoms with Crippen molar-refractivity contribution in [3.8, 4) is 10.7 Å². The molecule has 1 aromatic carbocycles. The van der Waals surface area contributed by atoms with Crippen LogP contribution in [0.2, 0.25) is 5.02 Å². The minimum atomic E-state index is 0.660. The van der Waals surface area contributed by atoms with E-state index in [0.717, 1.165) is 49.6 Å². The van der Waals surface area contributed by atoms with Crippen molar-refractivity contribution in [3.63, 3.8) is 0 Å². The molecular formula is C19H17ClN4S2. The summed E-state index contributed by atoms with van der Waals surface area (Å²) >= 11 is 9.88. The van der Waals surface area contributed by atoms with E-state index in [-0.39, 0.29) is 0 Å². The molecule has 132 valence electrons. The SMILES string of the molecule is CCn1c(SCc2nc3ccccc3c(C)c2Cl)nnc1-c1cccs1. The standard InChI is InChI=1S/C19H17ClN4S2/c1-3-24-18(16-9-6-10-25-16)22-23-19(24)26-11-15-17(20)12(2)13-7-4-5-8-14(13)21-15/h4-10H,3,11H2,1-2H3. The number of benzene rings is 1. The van der Waals surface area contributed by atoms with Gasteiger partial charge in [0.2, 0.25) is 0 Å². The molecule has 0 aliphatic heterocycles. The average molecular weight is 401 g/mol. The topological polar surface area (TPSA) is 43.6 Å². The Hall–Kier alpha value is -1.89. The molecule has 4 rings (SSSR count). The summed E-state index contributed by atoms with van der Waals surface area (Å²) in [6, 6.07) is 12.2. The van der Waals surface area contributed by atoms with Crippen molar-refractivity contribution in [2.45, 2.75) is 31.3 Å². The van der Waals surface area contributed by atoms with Crippen LogP contribution < -0.4 is 0 Å². The maximum Gasteiger partial charge on any atom is 0.191 e. The lowest BCUT2D eigenvalue weighted by atomic mass is 10.1. The Bertz CT molecular complexity index is 1060. The van der Waals surface area contributed by atoms with Gasteiger partial charge in [-0.25, -0.2) is 0 Å². The van der Waals surface area contributed by atoms with E-state index in [2.05, 4.69) is 39.2 Å². The van der Waals surface area contributed by atoms with Crippen LogP contribution in [0.3, 0.4) is 0 Å². The van der Waals surface area contributed by atoms with Crippen molar-refractivity contribution in [1.82, 2.24) is 19.7 Å². The second-order valence-electron chi connectivity index (χ2n) is 5.83. The zero-order valence-corrected chi connectivity index (χ0v) is 16.8. The highest BCUT2D eigenvalue weighted by Crippen LogP contribution is 2.32. The number of hydrogen-bond donors (Lipinski definition) is 0. The van der Waals surface area contributed by atoms with Crippen molar-refractivity contribution in [2.24, 2.45) is 0 Å². The van der Waals surface area contributed by atoms with E-state index in [0.29, 0.717) is 5.75 Å². The molecule has 0 aliphatic rings. The molecule has 0 spiro atoms. The molecule has 26 heavy (non-hydrogen) atoms. The molecule has 0 aliphatic carbocycles. The van der Waals surface area contributed by atoms with Gasteiger partial charge in [0.15, 0.2) is 11.0 Å². The summed E-state index contributed by atoms with van der Waals surface area (Å²) in [7, 11) is 0. The third kappa shape index (κ3) is 3.13. The zero-order valence-electron chi connectivity index (χ0n) is 14.4. The van der Waals surface area contributed by atoms with Crippen LogP contribution in [0.25, 0.3) is 21.6 Å². The number of para-hydroxylation sites is 1. The van der Waals surface area contributed by atoms with Gasteiger partial charge in [-0.1, -0.05) is 47.6 Å². The van der Waals surface area contributed by atoms with Gasteiger partial charge in [-0.2, -0.15) is 0 Å². The number of halogens is 1. The number of aromatic nitrogens is 4. The summed E-state index contributed by atoms with van der Waals surface area (Å²) < 4.78 is 2.14. The average Bonchev–Trinajstić information content (AvgIpc) is 3.32. The first-order valence-corrected chi connectivity index (χ1v) is 10.6. The smallest absolute Gasteiger partial charge is 0.191 e. The molecule has 3 aromatic heterocycles. The van der Waals surface area contributed by atoms with Gasteiger partial charge in [0, 0.05) is 17.7 Å². The number of hydrogen-bond acceptors (Lipinski definition) is 5. The first kappa shape index (κ1) is 17.5. The fraction of sp³-hybridized carbons (Fsp3) is 0.211. The predicted molar refractivity (Wildman–Crippen MR) is 110 cm³/mol. The van der Waals surface area contributed by atoms with E-state index in [9.17, 15) is 0 Å². The molecule has 0 N–H and O–H groups in total. The molecule has 3 heterocycles. The van der Waals surface area contributed by atoms with Crippen molar-refractivity contribution in [2.75, 3.05) is 0 Å². The highest BCUT2D eigenvalue weighted by atomic mass is 35.5. The fourth-order valence-electron chi connectivity index (χ4n) is 2.91. The summed E-state index contributed by atoms with van der Waals surface area (Å²) in [6.45, 7) is 4.97. The second kappa shape index (κ2) is 7.39. The Kier molecular flexibility index (Phi) is 4.98. The van der Waals surface area contributed by atoms with Gasteiger partial charge in [-0.05, 0) is 36.9 Å². The fourth-order valence-corrected chi connectivity index (χ4v) is 4.87. The number of nitrogens with zero attached hydrogens (tertiary/aromatic N) is 4. The van der Waals surface area contributed by atoms with Gasteiger partial charge in [0.1, 0.15) is 0 Å².